The first kappa shape index (κ1) is 14.9. The maximum atomic E-state index is 9.67. The lowest BCUT2D eigenvalue weighted by Crippen LogP contribution is -2.09. The van der Waals surface area contributed by atoms with Gasteiger partial charge in [0.2, 0.25) is 0 Å². The molecule has 20 heavy (non-hydrogen) atoms. The van der Waals surface area contributed by atoms with Crippen LogP contribution in [0, 0.1) is 0 Å². The summed E-state index contributed by atoms with van der Waals surface area (Å²) in [5.74, 6) is 0.908. The molecule has 2 aromatic carbocycles. The van der Waals surface area contributed by atoms with E-state index in [1.54, 1.807) is 0 Å². The zero-order chi connectivity index (χ0) is 14.4. The summed E-state index contributed by atoms with van der Waals surface area (Å²) in [6, 6.07) is 15.6. The summed E-state index contributed by atoms with van der Waals surface area (Å²) in [6.07, 6.45) is 0.729. The Hall–Kier alpha value is -1.51. The largest absolute Gasteiger partial charge is 0.494 e. The van der Waals surface area contributed by atoms with E-state index in [1.807, 2.05) is 55.5 Å². The van der Waals surface area contributed by atoms with Gasteiger partial charge in [0.25, 0.3) is 0 Å². The minimum Gasteiger partial charge on any atom is -0.494 e. The third kappa shape index (κ3) is 3.75. The average Bonchev–Trinajstić information content (AvgIpc) is 2.46. The lowest BCUT2D eigenvalue weighted by atomic mass is 9.92. The SMILES string of the molecule is CCOc1ccccc1CC(CO)c1cccc(Cl)c1. The van der Waals surface area contributed by atoms with E-state index in [9.17, 15) is 5.11 Å². The molecule has 106 valence electrons. The molecule has 1 unspecified atom stereocenters. The number of para-hydroxylation sites is 1. The maximum Gasteiger partial charge on any atom is 0.122 e. The number of halogens is 1. The summed E-state index contributed by atoms with van der Waals surface area (Å²) >= 11 is 6.02. The van der Waals surface area contributed by atoms with Gasteiger partial charge in [-0.15, -0.1) is 0 Å². The molecule has 0 bridgehead atoms. The minimum atomic E-state index is 0.0234. The van der Waals surface area contributed by atoms with Crippen LogP contribution in [0.5, 0.6) is 5.75 Å². The van der Waals surface area contributed by atoms with Gasteiger partial charge in [0.05, 0.1) is 13.2 Å². The molecule has 0 saturated carbocycles. The Morgan fingerprint density at radius 2 is 1.95 bits per heavy atom. The molecule has 3 heteroatoms. The second-order valence-corrected chi connectivity index (χ2v) is 5.12. The maximum absolute atomic E-state index is 9.67. The van der Waals surface area contributed by atoms with Crippen molar-refractivity contribution >= 4 is 11.6 Å². The van der Waals surface area contributed by atoms with Gasteiger partial charge >= 0.3 is 0 Å². The van der Waals surface area contributed by atoms with Gasteiger partial charge in [0.1, 0.15) is 5.75 Å². The Morgan fingerprint density at radius 3 is 2.65 bits per heavy atom. The van der Waals surface area contributed by atoms with Crippen LogP contribution in [0.25, 0.3) is 0 Å². The van der Waals surface area contributed by atoms with E-state index in [4.69, 9.17) is 16.3 Å². The summed E-state index contributed by atoms with van der Waals surface area (Å²) < 4.78 is 5.63. The number of rotatable bonds is 6. The number of benzene rings is 2. The highest BCUT2D eigenvalue weighted by Crippen LogP contribution is 2.27. The molecule has 2 rings (SSSR count). The normalized spacial score (nSPS) is 12.2. The molecule has 0 amide bonds. The molecule has 1 atom stereocenters. The molecule has 0 radical (unpaired) electrons. The van der Waals surface area contributed by atoms with Crippen LogP contribution in [0.2, 0.25) is 5.02 Å². The lowest BCUT2D eigenvalue weighted by molar-refractivity contribution is 0.262. The Kier molecular flexibility index (Phi) is 5.45. The van der Waals surface area contributed by atoms with Crippen molar-refractivity contribution in [3.63, 3.8) is 0 Å². The van der Waals surface area contributed by atoms with Gasteiger partial charge in [-0.2, -0.15) is 0 Å². The molecule has 1 N–H and O–H groups in total. The molecule has 0 aromatic heterocycles. The van der Waals surface area contributed by atoms with Gasteiger partial charge in [-0.1, -0.05) is 41.9 Å². The van der Waals surface area contributed by atoms with Crippen molar-refractivity contribution < 1.29 is 9.84 Å². The van der Waals surface area contributed by atoms with Crippen LogP contribution in [0.3, 0.4) is 0 Å². The van der Waals surface area contributed by atoms with Crippen molar-refractivity contribution in [3.8, 4) is 5.75 Å². The number of aliphatic hydroxyl groups excluding tert-OH is 1. The van der Waals surface area contributed by atoms with Crippen LogP contribution in [-0.2, 0) is 6.42 Å². The predicted octanol–water partition coefficient (Wildman–Crippen LogP) is 4.06. The quantitative estimate of drug-likeness (QED) is 0.869. The topological polar surface area (TPSA) is 29.5 Å². The van der Waals surface area contributed by atoms with Gasteiger partial charge < -0.3 is 9.84 Å². The van der Waals surface area contributed by atoms with Crippen molar-refractivity contribution in [2.45, 2.75) is 19.3 Å². The summed E-state index contributed by atoms with van der Waals surface area (Å²) in [5, 5.41) is 10.4. The minimum absolute atomic E-state index is 0.0234. The fourth-order valence-corrected chi connectivity index (χ4v) is 2.48. The molecule has 2 aromatic rings. The molecule has 0 aliphatic heterocycles. The average molecular weight is 291 g/mol. The van der Waals surface area contributed by atoms with Crippen molar-refractivity contribution in [2.24, 2.45) is 0 Å². The van der Waals surface area contributed by atoms with Gasteiger partial charge in [0.15, 0.2) is 0 Å². The van der Waals surface area contributed by atoms with Crippen molar-refractivity contribution in [3.05, 3.63) is 64.7 Å². The first-order valence-corrected chi connectivity index (χ1v) is 7.19. The number of aliphatic hydroxyl groups is 1. The molecule has 0 spiro atoms. The van der Waals surface area contributed by atoms with Crippen LogP contribution in [0.15, 0.2) is 48.5 Å². The van der Waals surface area contributed by atoms with Crippen molar-refractivity contribution in [2.75, 3.05) is 13.2 Å². The van der Waals surface area contributed by atoms with E-state index in [1.165, 1.54) is 0 Å². The predicted molar refractivity (Wildman–Crippen MR) is 82.6 cm³/mol. The molecular formula is C17H19ClO2. The Morgan fingerprint density at radius 1 is 1.15 bits per heavy atom. The summed E-state index contributed by atoms with van der Waals surface area (Å²) in [4.78, 5) is 0. The highest BCUT2D eigenvalue weighted by atomic mass is 35.5. The highest BCUT2D eigenvalue weighted by Gasteiger charge is 2.14. The van der Waals surface area contributed by atoms with Crippen LogP contribution in [0.1, 0.15) is 24.0 Å². The van der Waals surface area contributed by atoms with E-state index in [0.29, 0.717) is 11.6 Å². The van der Waals surface area contributed by atoms with Crippen LogP contribution < -0.4 is 4.74 Å². The molecule has 0 fully saturated rings. The van der Waals surface area contributed by atoms with Crippen LogP contribution in [0.4, 0.5) is 0 Å². The van der Waals surface area contributed by atoms with Gasteiger partial charge in [-0.25, -0.2) is 0 Å². The molecule has 0 saturated heterocycles. The van der Waals surface area contributed by atoms with Gasteiger partial charge in [0, 0.05) is 10.9 Å². The van der Waals surface area contributed by atoms with E-state index in [2.05, 4.69) is 0 Å². The molecule has 0 heterocycles. The zero-order valence-electron chi connectivity index (χ0n) is 11.6. The smallest absolute Gasteiger partial charge is 0.122 e. The third-order valence-corrected chi connectivity index (χ3v) is 3.51. The molecule has 0 aliphatic carbocycles. The van der Waals surface area contributed by atoms with E-state index in [-0.39, 0.29) is 12.5 Å². The second kappa shape index (κ2) is 7.32. The first-order valence-electron chi connectivity index (χ1n) is 6.81. The van der Waals surface area contributed by atoms with Crippen LogP contribution >= 0.6 is 11.6 Å². The van der Waals surface area contributed by atoms with Crippen molar-refractivity contribution in [1.29, 1.82) is 0 Å². The summed E-state index contributed by atoms with van der Waals surface area (Å²) in [5.41, 5.74) is 2.15. The Balaban J connectivity index is 2.22. The number of hydrogen-bond acceptors (Lipinski definition) is 2. The van der Waals surface area contributed by atoms with Crippen LogP contribution in [-0.4, -0.2) is 18.3 Å². The third-order valence-electron chi connectivity index (χ3n) is 3.28. The van der Waals surface area contributed by atoms with Gasteiger partial charge in [-0.05, 0) is 42.7 Å². The first-order chi connectivity index (χ1) is 9.74. The van der Waals surface area contributed by atoms with E-state index < -0.39 is 0 Å². The van der Waals surface area contributed by atoms with Gasteiger partial charge in [-0.3, -0.25) is 0 Å². The Labute approximate surface area is 125 Å². The number of hydrogen-bond donors (Lipinski definition) is 1. The Bertz CT molecular complexity index is 554. The summed E-state index contributed by atoms with van der Waals surface area (Å²) in [6.45, 7) is 2.69. The van der Waals surface area contributed by atoms with E-state index >= 15 is 0 Å². The van der Waals surface area contributed by atoms with E-state index in [0.717, 1.165) is 23.3 Å². The standard InChI is InChI=1S/C17H19ClO2/c1-2-20-17-9-4-3-6-14(17)10-15(12-19)13-7-5-8-16(18)11-13/h3-9,11,15,19H,2,10,12H2,1H3. The molecule has 2 nitrogen and oxygen atoms in total. The summed E-state index contributed by atoms with van der Waals surface area (Å²) in [7, 11) is 0. The molecule has 0 aliphatic rings. The fourth-order valence-electron chi connectivity index (χ4n) is 2.28. The van der Waals surface area contributed by atoms with Crippen molar-refractivity contribution in [1.82, 2.24) is 0 Å². The lowest BCUT2D eigenvalue weighted by Gasteiger charge is -2.17. The fraction of sp³-hybridized carbons (Fsp3) is 0.294. The monoisotopic (exact) mass is 290 g/mol. The molecular weight excluding hydrogens is 272 g/mol. The second-order valence-electron chi connectivity index (χ2n) is 4.68. The number of ether oxygens (including phenoxy) is 1. The zero-order valence-corrected chi connectivity index (χ0v) is 12.3. The highest BCUT2D eigenvalue weighted by molar-refractivity contribution is 6.30.